The fourth-order valence-electron chi connectivity index (χ4n) is 2.57. The number of rotatable bonds is 0. The Labute approximate surface area is 100 Å². The number of esters is 1. The van der Waals surface area contributed by atoms with Crippen LogP contribution in [-0.4, -0.2) is 42.5 Å². The standard InChI is InChI=1S/C10H11F3O5/c1-9(2)17-6-5-4(16-8(6)18-9)3(7(14)15-5)10(11,12)13/h3-6,8H,1-2H3/t3-,4-,5+,6-,8-/m1/s1. The summed E-state index contributed by atoms with van der Waals surface area (Å²) in [5.41, 5.74) is 0. The van der Waals surface area contributed by atoms with Gasteiger partial charge in [-0.25, -0.2) is 0 Å². The molecule has 0 aromatic carbocycles. The normalized spacial score (nSPS) is 45.8. The van der Waals surface area contributed by atoms with Gasteiger partial charge in [0.25, 0.3) is 0 Å². The van der Waals surface area contributed by atoms with Crippen molar-refractivity contribution in [1.82, 2.24) is 0 Å². The molecule has 5 atom stereocenters. The number of ether oxygens (including phenoxy) is 4. The van der Waals surface area contributed by atoms with Gasteiger partial charge in [-0.1, -0.05) is 0 Å². The van der Waals surface area contributed by atoms with Crippen LogP contribution in [-0.2, 0) is 23.7 Å². The lowest BCUT2D eigenvalue weighted by Gasteiger charge is -2.22. The monoisotopic (exact) mass is 268 g/mol. The van der Waals surface area contributed by atoms with Crippen molar-refractivity contribution < 1.29 is 36.9 Å². The second-order valence-electron chi connectivity index (χ2n) is 4.99. The topological polar surface area (TPSA) is 54.0 Å². The molecule has 3 aliphatic rings. The number of hydrogen-bond acceptors (Lipinski definition) is 5. The van der Waals surface area contributed by atoms with E-state index in [1.807, 2.05) is 0 Å². The maximum atomic E-state index is 12.7. The molecular weight excluding hydrogens is 257 g/mol. The smallest absolute Gasteiger partial charge is 0.404 e. The summed E-state index contributed by atoms with van der Waals surface area (Å²) in [5, 5.41) is 0. The van der Waals surface area contributed by atoms with E-state index in [1.165, 1.54) is 0 Å². The molecule has 0 aromatic heterocycles. The van der Waals surface area contributed by atoms with Crippen LogP contribution in [0.5, 0.6) is 0 Å². The van der Waals surface area contributed by atoms with Gasteiger partial charge >= 0.3 is 12.1 Å². The molecule has 0 aromatic rings. The summed E-state index contributed by atoms with van der Waals surface area (Å²) in [6.45, 7) is 3.23. The third-order valence-electron chi connectivity index (χ3n) is 3.21. The largest absolute Gasteiger partial charge is 0.456 e. The van der Waals surface area contributed by atoms with Gasteiger partial charge in [-0.2, -0.15) is 13.2 Å². The van der Waals surface area contributed by atoms with Crippen LogP contribution in [0.25, 0.3) is 0 Å². The van der Waals surface area contributed by atoms with E-state index in [2.05, 4.69) is 0 Å². The second-order valence-corrected chi connectivity index (χ2v) is 4.99. The molecule has 0 aliphatic carbocycles. The van der Waals surface area contributed by atoms with E-state index in [1.54, 1.807) is 13.8 Å². The molecule has 0 bridgehead atoms. The number of carbonyl (C=O) groups excluding carboxylic acids is 1. The highest BCUT2D eigenvalue weighted by Gasteiger charge is 2.68. The lowest BCUT2D eigenvalue weighted by atomic mass is 10.00. The van der Waals surface area contributed by atoms with E-state index in [0.717, 1.165) is 0 Å². The van der Waals surface area contributed by atoms with Crippen molar-refractivity contribution in [2.45, 2.75) is 50.4 Å². The van der Waals surface area contributed by atoms with Crippen LogP contribution in [0.2, 0.25) is 0 Å². The zero-order valence-electron chi connectivity index (χ0n) is 9.56. The van der Waals surface area contributed by atoms with Crippen molar-refractivity contribution in [1.29, 1.82) is 0 Å². The molecule has 0 spiro atoms. The van der Waals surface area contributed by atoms with Crippen LogP contribution < -0.4 is 0 Å². The van der Waals surface area contributed by atoms with Gasteiger partial charge in [0, 0.05) is 0 Å². The minimum Gasteiger partial charge on any atom is -0.456 e. The van der Waals surface area contributed by atoms with Crippen LogP contribution in [0.1, 0.15) is 13.8 Å². The summed E-state index contributed by atoms with van der Waals surface area (Å²) in [7, 11) is 0. The Hall–Kier alpha value is -0.860. The van der Waals surface area contributed by atoms with Crippen molar-refractivity contribution in [2.24, 2.45) is 5.92 Å². The first-order valence-corrected chi connectivity index (χ1v) is 5.47. The van der Waals surface area contributed by atoms with Gasteiger partial charge in [-0.15, -0.1) is 0 Å². The van der Waals surface area contributed by atoms with Crippen molar-refractivity contribution >= 4 is 5.97 Å². The fourth-order valence-corrected chi connectivity index (χ4v) is 2.57. The SMILES string of the molecule is CC1(C)O[C@H]2O[C@H]3[C@H](OC(=O)[C@@H]3C(F)(F)F)[C@H]2O1. The van der Waals surface area contributed by atoms with E-state index in [9.17, 15) is 18.0 Å². The molecule has 0 amide bonds. The number of carbonyl (C=O) groups is 1. The molecule has 8 heteroatoms. The molecule has 0 unspecified atom stereocenters. The molecule has 3 heterocycles. The summed E-state index contributed by atoms with van der Waals surface area (Å²) in [4.78, 5) is 11.3. The lowest BCUT2D eigenvalue weighted by molar-refractivity contribution is -0.235. The fraction of sp³-hybridized carbons (Fsp3) is 0.900. The molecule has 3 rings (SSSR count). The first kappa shape index (κ1) is 12.2. The van der Waals surface area contributed by atoms with E-state index >= 15 is 0 Å². The van der Waals surface area contributed by atoms with Crippen molar-refractivity contribution in [3.63, 3.8) is 0 Å². The Morgan fingerprint density at radius 3 is 2.39 bits per heavy atom. The Balaban J connectivity index is 1.84. The Morgan fingerprint density at radius 1 is 1.11 bits per heavy atom. The predicted octanol–water partition coefficient (Wildman–Crippen LogP) is 0.967. The van der Waals surface area contributed by atoms with Crippen molar-refractivity contribution in [3.05, 3.63) is 0 Å². The highest BCUT2D eigenvalue weighted by molar-refractivity contribution is 5.77. The predicted molar refractivity (Wildman–Crippen MR) is 48.1 cm³/mol. The van der Waals surface area contributed by atoms with Gasteiger partial charge in [-0.3, -0.25) is 4.79 Å². The van der Waals surface area contributed by atoms with Gasteiger partial charge in [0.2, 0.25) is 0 Å². The van der Waals surface area contributed by atoms with Crippen molar-refractivity contribution in [3.8, 4) is 0 Å². The van der Waals surface area contributed by atoms with Crippen LogP contribution in [0.15, 0.2) is 0 Å². The van der Waals surface area contributed by atoms with Crippen LogP contribution in [0.4, 0.5) is 13.2 Å². The summed E-state index contributed by atoms with van der Waals surface area (Å²) in [6.07, 6.45) is -8.86. The van der Waals surface area contributed by atoms with Gasteiger partial charge in [-0.05, 0) is 13.8 Å². The molecule has 0 radical (unpaired) electrons. The number of alkyl halides is 3. The van der Waals surface area contributed by atoms with Gasteiger partial charge in [0.1, 0.15) is 6.10 Å². The van der Waals surface area contributed by atoms with Crippen LogP contribution in [0.3, 0.4) is 0 Å². The highest BCUT2D eigenvalue weighted by Crippen LogP contribution is 2.48. The zero-order valence-corrected chi connectivity index (χ0v) is 9.56. The van der Waals surface area contributed by atoms with Crippen LogP contribution in [0, 0.1) is 5.92 Å². The molecule has 5 nitrogen and oxygen atoms in total. The Bertz CT molecular complexity index is 393. The molecule has 0 N–H and O–H groups in total. The third kappa shape index (κ3) is 1.63. The third-order valence-corrected chi connectivity index (χ3v) is 3.21. The summed E-state index contributed by atoms with van der Waals surface area (Å²) in [5.74, 6) is -4.53. The van der Waals surface area contributed by atoms with Gasteiger partial charge in [0.05, 0.1) is 0 Å². The molecule has 102 valence electrons. The highest BCUT2D eigenvalue weighted by atomic mass is 19.4. The summed E-state index contributed by atoms with van der Waals surface area (Å²) < 4.78 is 58.7. The molecule has 3 fully saturated rings. The lowest BCUT2D eigenvalue weighted by Crippen LogP contribution is -2.39. The zero-order chi connectivity index (χ0) is 13.3. The molecule has 0 saturated carbocycles. The number of fused-ring (bicyclic) bond motifs is 3. The second kappa shape index (κ2) is 3.37. The van der Waals surface area contributed by atoms with E-state index < -0.39 is 48.5 Å². The quantitative estimate of drug-likeness (QED) is 0.613. The average Bonchev–Trinajstić information content (AvgIpc) is 2.70. The van der Waals surface area contributed by atoms with Crippen molar-refractivity contribution in [2.75, 3.05) is 0 Å². The Morgan fingerprint density at radius 2 is 1.78 bits per heavy atom. The van der Waals surface area contributed by atoms with Gasteiger partial charge in [0.15, 0.2) is 30.2 Å². The molecule has 18 heavy (non-hydrogen) atoms. The van der Waals surface area contributed by atoms with E-state index in [0.29, 0.717) is 0 Å². The van der Waals surface area contributed by atoms with Crippen LogP contribution >= 0.6 is 0 Å². The minimum atomic E-state index is -4.69. The summed E-state index contributed by atoms with van der Waals surface area (Å²) >= 11 is 0. The Kier molecular flexibility index (Phi) is 2.28. The van der Waals surface area contributed by atoms with E-state index in [-0.39, 0.29) is 0 Å². The van der Waals surface area contributed by atoms with E-state index in [4.69, 9.17) is 18.9 Å². The number of hydrogen-bond donors (Lipinski definition) is 0. The summed E-state index contributed by atoms with van der Waals surface area (Å²) in [6, 6.07) is 0. The van der Waals surface area contributed by atoms with Gasteiger partial charge < -0.3 is 18.9 Å². The first-order chi connectivity index (χ1) is 8.19. The first-order valence-electron chi connectivity index (χ1n) is 5.47. The number of halogens is 3. The maximum Gasteiger partial charge on any atom is 0.404 e. The molecular formula is C10H11F3O5. The average molecular weight is 268 g/mol. The molecule has 3 saturated heterocycles. The molecule has 3 aliphatic heterocycles. The minimum absolute atomic E-state index is 0.804. The maximum absolute atomic E-state index is 12.7.